The summed E-state index contributed by atoms with van der Waals surface area (Å²) in [5, 5.41) is 2.88. The first kappa shape index (κ1) is 16.1. The molecule has 2 aliphatic rings. The average Bonchev–Trinajstić information content (AvgIpc) is 3.08. The van der Waals surface area contributed by atoms with Crippen LogP contribution in [0.1, 0.15) is 26.7 Å². The van der Waals surface area contributed by atoms with E-state index in [2.05, 4.69) is 5.32 Å². The summed E-state index contributed by atoms with van der Waals surface area (Å²) in [6.07, 6.45) is 2.33. The molecule has 0 radical (unpaired) electrons. The Balaban J connectivity index is 2.03. The van der Waals surface area contributed by atoms with Gasteiger partial charge in [0.25, 0.3) is 10.2 Å². The van der Waals surface area contributed by atoms with Crippen molar-refractivity contribution in [2.24, 2.45) is 5.92 Å². The second kappa shape index (κ2) is 6.21. The Morgan fingerprint density at radius 1 is 1.45 bits per heavy atom. The van der Waals surface area contributed by atoms with Gasteiger partial charge in [0.15, 0.2) is 0 Å². The van der Waals surface area contributed by atoms with Crippen LogP contribution in [0.4, 0.5) is 0 Å². The van der Waals surface area contributed by atoms with E-state index in [4.69, 9.17) is 0 Å². The zero-order chi connectivity index (χ0) is 14.9. The maximum Gasteiger partial charge on any atom is 0.283 e. The molecule has 1 amide bonds. The molecule has 1 atom stereocenters. The molecule has 2 rings (SSSR count). The van der Waals surface area contributed by atoms with Gasteiger partial charge in [0.1, 0.15) is 6.04 Å². The Morgan fingerprint density at radius 2 is 2.10 bits per heavy atom. The molecule has 8 heteroatoms. The van der Waals surface area contributed by atoms with Gasteiger partial charge < -0.3 is 5.32 Å². The summed E-state index contributed by atoms with van der Waals surface area (Å²) < 4.78 is 27.6. The molecule has 2 fully saturated rings. The maximum atomic E-state index is 12.5. The van der Waals surface area contributed by atoms with Crippen molar-refractivity contribution in [1.29, 1.82) is 0 Å². The first-order valence-corrected chi connectivity index (χ1v) is 9.49. The summed E-state index contributed by atoms with van der Waals surface area (Å²) in [5.74, 6) is 1.31. The van der Waals surface area contributed by atoms with Crippen LogP contribution in [-0.4, -0.2) is 60.2 Å². The highest BCUT2D eigenvalue weighted by molar-refractivity contribution is 8.00. The van der Waals surface area contributed by atoms with Crippen molar-refractivity contribution in [2.75, 3.05) is 25.2 Å². The molecule has 1 aliphatic carbocycles. The van der Waals surface area contributed by atoms with Gasteiger partial charge in [-0.1, -0.05) is 0 Å². The second-order valence-corrected chi connectivity index (χ2v) is 8.65. The van der Waals surface area contributed by atoms with Crippen molar-refractivity contribution < 1.29 is 13.2 Å². The number of nitrogens with one attached hydrogen (secondary N) is 1. The number of nitrogens with zero attached hydrogens (tertiary/aromatic N) is 2. The van der Waals surface area contributed by atoms with Crippen molar-refractivity contribution in [3.8, 4) is 0 Å². The topological polar surface area (TPSA) is 69.7 Å². The lowest BCUT2D eigenvalue weighted by atomic mass is 10.3. The van der Waals surface area contributed by atoms with Crippen LogP contribution in [0.15, 0.2) is 0 Å². The van der Waals surface area contributed by atoms with Crippen LogP contribution >= 0.6 is 11.8 Å². The molecule has 1 saturated heterocycles. The molecular formula is C12H23N3O3S2. The highest BCUT2D eigenvalue weighted by Gasteiger charge is 2.41. The normalized spacial score (nSPS) is 24.6. The summed E-state index contributed by atoms with van der Waals surface area (Å²) in [5.41, 5.74) is 0. The highest BCUT2D eigenvalue weighted by atomic mass is 32.2. The summed E-state index contributed by atoms with van der Waals surface area (Å²) in [7, 11) is -2.01. The van der Waals surface area contributed by atoms with Crippen LogP contribution in [0.2, 0.25) is 0 Å². The van der Waals surface area contributed by atoms with Crippen LogP contribution in [0.25, 0.3) is 0 Å². The lowest BCUT2D eigenvalue weighted by Gasteiger charge is -2.29. The quantitative estimate of drug-likeness (QED) is 0.772. The van der Waals surface area contributed by atoms with Crippen molar-refractivity contribution >= 4 is 27.9 Å². The number of hydrogen-bond donors (Lipinski definition) is 1. The second-order valence-electron chi connectivity index (χ2n) is 5.71. The largest absolute Gasteiger partial charge is 0.354 e. The molecule has 0 aromatic carbocycles. The monoisotopic (exact) mass is 321 g/mol. The average molecular weight is 321 g/mol. The van der Waals surface area contributed by atoms with Crippen molar-refractivity contribution in [3.05, 3.63) is 0 Å². The van der Waals surface area contributed by atoms with Gasteiger partial charge in [-0.2, -0.15) is 17.0 Å². The molecule has 0 aromatic rings. The van der Waals surface area contributed by atoms with E-state index in [1.165, 1.54) is 20.4 Å². The van der Waals surface area contributed by atoms with Crippen LogP contribution in [-0.2, 0) is 15.0 Å². The van der Waals surface area contributed by atoms with Crippen LogP contribution < -0.4 is 5.32 Å². The van der Waals surface area contributed by atoms with E-state index in [9.17, 15) is 13.2 Å². The third-order valence-electron chi connectivity index (χ3n) is 3.79. The first-order chi connectivity index (χ1) is 9.34. The van der Waals surface area contributed by atoms with Crippen LogP contribution in [0, 0.1) is 5.92 Å². The molecule has 0 spiro atoms. The molecule has 1 saturated carbocycles. The number of hydrogen-bond acceptors (Lipinski definition) is 4. The van der Waals surface area contributed by atoms with E-state index >= 15 is 0 Å². The Labute approximate surface area is 125 Å². The molecule has 0 aromatic heterocycles. The predicted molar refractivity (Wildman–Crippen MR) is 80.5 cm³/mol. The number of amides is 1. The Hall–Kier alpha value is -0.310. The Kier molecular flexibility index (Phi) is 4.99. The minimum absolute atomic E-state index is 0.124. The van der Waals surface area contributed by atoms with E-state index in [1.807, 2.05) is 13.8 Å². The van der Waals surface area contributed by atoms with E-state index in [-0.39, 0.29) is 11.9 Å². The smallest absolute Gasteiger partial charge is 0.283 e. The van der Waals surface area contributed by atoms with Gasteiger partial charge in [0.05, 0.1) is 5.88 Å². The Bertz CT molecular complexity index is 463. The van der Waals surface area contributed by atoms with E-state index in [0.717, 1.165) is 12.8 Å². The molecular weight excluding hydrogens is 298 g/mol. The fraction of sp³-hybridized carbons (Fsp3) is 0.917. The summed E-state index contributed by atoms with van der Waals surface area (Å²) in [4.78, 5) is 12.2. The standard InChI is InChI=1S/C12H23N3O3S2/c1-9(2)14(3)20(17,18)15-8-19-7-11(15)12(16)13-6-10-4-5-10/h9-11H,4-8H2,1-3H3,(H,13,16)/t11-/m1/s1. The molecule has 0 bridgehead atoms. The van der Waals surface area contributed by atoms with Gasteiger partial charge in [-0.25, -0.2) is 0 Å². The third kappa shape index (κ3) is 3.47. The zero-order valence-corrected chi connectivity index (χ0v) is 13.8. The number of rotatable bonds is 6. The summed E-state index contributed by atoms with van der Waals surface area (Å²) in [6.45, 7) is 4.32. The maximum absolute atomic E-state index is 12.5. The molecule has 0 unspecified atom stereocenters. The minimum Gasteiger partial charge on any atom is -0.354 e. The van der Waals surface area contributed by atoms with Crippen LogP contribution in [0.5, 0.6) is 0 Å². The molecule has 20 heavy (non-hydrogen) atoms. The van der Waals surface area contributed by atoms with Crippen molar-refractivity contribution in [3.63, 3.8) is 0 Å². The molecule has 116 valence electrons. The molecule has 6 nitrogen and oxygen atoms in total. The van der Waals surface area contributed by atoms with Crippen LogP contribution in [0.3, 0.4) is 0 Å². The lowest BCUT2D eigenvalue weighted by molar-refractivity contribution is -0.123. The van der Waals surface area contributed by atoms with E-state index in [0.29, 0.717) is 24.1 Å². The number of thioether (sulfide) groups is 1. The number of carbonyl (C=O) groups excluding carboxylic acids is 1. The Morgan fingerprint density at radius 3 is 2.65 bits per heavy atom. The predicted octanol–water partition coefficient (Wildman–Crippen LogP) is 0.473. The van der Waals surface area contributed by atoms with E-state index in [1.54, 1.807) is 7.05 Å². The van der Waals surface area contributed by atoms with Gasteiger partial charge in [0, 0.05) is 25.4 Å². The molecule has 1 N–H and O–H groups in total. The molecule has 1 heterocycles. The number of carbonyl (C=O) groups is 1. The van der Waals surface area contributed by atoms with Crippen molar-refractivity contribution in [2.45, 2.75) is 38.8 Å². The zero-order valence-electron chi connectivity index (χ0n) is 12.2. The van der Waals surface area contributed by atoms with Crippen molar-refractivity contribution in [1.82, 2.24) is 13.9 Å². The summed E-state index contributed by atoms with van der Waals surface area (Å²) in [6, 6.07) is -0.703. The summed E-state index contributed by atoms with van der Waals surface area (Å²) >= 11 is 1.48. The molecule has 1 aliphatic heterocycles. The highest BCUT2D eigenvalue weighted by Crippen LogP contribution is 2.29. The van der Waals surface area contributed by atoms with Gasteiger partial charge in [0.2, 0.25) is 5.91 Å². The first-order valence-electron chi connectivity index (χ1n) is 6.94. The SMILES string of the molecule is CC(C)N(C)S(=O)(=O)N1CSC[C@@H]1C(=O)NCC1CC1. The van der Waals surface area contributed by atoms with Gasteiger partial charge >= 0.3 is 0 Å². The lowest BCUT2D eigenvalue weighted by Crippen LogP contribution is -2.52. The van der Waals surface area contributed by atoms with Gasteiger partial charge in [-0.15, -0.1) is 11.8 Å². The van der Waals surface area contributed by atoms with E-state index < -0.39 is 16.3 Å². The minimum atomic E-state index is -3.57. The van der Waals surface area contributed by atoms with Gasteiger partial charge in [-0.3, -0.25) is 4.79 Å². The fourth-order valence-corrected chi connectivity index (χ4v) is 5.20. The van der Waals surface area contributed by atoms with Gasteiger partial charge in [-0.05, 0) is 32.6 Å². The fourth-order valence-electron chi connectivity index (χ4n) is 1.98. The third-order valence-corrected chi connectivity index (χ3v) is 7.10.